The average molecular weight is 570 g/mol. The van der Waals surface area contributed by atoms with Gasteiger partial charge in [0.2, 0.25) is 11.8 Å². The van der Waals surface area contributed by atoms with Gasteiger partial charge in [-0.05, 0) is 60.4 Å². The van der Waals surface area contributed by atoms with Crippen molar-refractivity contribution in [3.8, 4) is 0 Å². The molecule has 4 aromatic rings. The van der Waals surface area contributed by atoms with E-state index >= 15 is 0 Å². The predicted octanol–water partition coefficient (Wildman–Crippen LogP) is 4.88. The van der Waals surface area contributed by atoms with Gasteiger partial charge in [0.25, 0.3) is 10.0 Å². The third-order valence-corrected chi connectivity index (χ3v) is 8.61. The summed E-state index contributed by atoms with van der Waals surface area (Å²) < 4.78 is 29.1. The van der Waals surface area contributed by atoms with Gasteiger partial charge in [-0.2, -0.15) is 0 Å². The average Bonchev–Trinajstić information content (AvgIpc) is 2.98. The minimum absolute atomic E-state index is 0.0775. The zero-order valence-corrected chi connectivity index (χ0v) is 24.3. The number of rotatable bonds is 11. The lowest BCUT2D eigenvalue weighted by molar-refractivity contribution is -0.139. The molecule has 0 fully saturated rings. The van der Waals surface area contributed by atoms with E-state index in [2.05, 4.69) is 5.32 Å². The Bertz CT molecular complexity index is 1560. The fraction of sp³-hybridized carbons (Fsp3) is 0.212. The number of benzene rings is 4. The number of nitrogens with zero attached hydrogens (tertiary/aromatic N) is 2. The molecule has 0 aliphatic carbocycles. The highest BCUT2D eigenvalue weighted by Gasteiger charge is 2.34. The minimum atomic E-state index is -4.11. The van der Waals surface area contributed by atoms with E-state index in [0.29, 0.717) is 5.69 Å². The number of anilines is 1. The molecule has 0 aromatic heterocycles. The number of nitrogens with one attached hydrogen (secondary N) is 1. The lowest BCUT2D eigenvalue weighted by atomic mass is 10.0. The molecule has 0 heterocycles. The first-order valence-electron chi connectivity index (χ1n) is 13.4. The van der Waals surface area contributed by atoms with Crippen LogP contribution < -0.4 is 9.62 Å². The summed E-state index contributed by atoms with van der Waals surface area (Å²) in [5, 5.41) is 2.70. The third kappa shape index (κ3) is 7.41. The van der Waals surface area contributed by atoms with Crippen LogP contribution >= 0.6 is 0 Å². The molecule has 0 saturated carbocycles. The van der Waals surface area contributed by atoms with Gasteiger partial charge in [-0.3, -0.25) is 13.9 Å². The van der Waals surface area contributed by atoms with E-state index in [1.54, 1.807) is 30.3 Å². The number of hydrogen-bond acceptors (Lipinski definition) is 4. The molecule has 7 nitrogen and oxygen atoms in total. The van der Waals surface area contributed by atoms with Crippen LogP contribution in [0.5, 0.6) is 0 Å². The van der Waals surface area contributed by atoms with Crippen molar-refractivity contribution in [2.75, 3.05) is 17.9 Å². The van der Waals surface area contributed by atoms with Crippen molar-refractivity contribution in [2.24, 2.45) is 0 Å². The molecule has 0 saturated heterocycles. The molecule has 0 aliphatic rings. The van der Waals surface area contributed by atoms with Crippen LogP contribution in [0.2, 0.25) is 0 Å². The number of aryl methyl sites for hydroxylation is 2. The first-order chi connectivity index (χ1) is 19.7. The molecule has 1 N–H and O–H groups in total. The van der Waals surface area contributed by atoms with Crippen molar-refractivity contribution in [3.63, 3.8) is 0 Å². The summed E-state index contributed by atoms with van der Waals surface area (Å²) in [6.07, 6.45) is 0.272. The SMILES string of the molecule is CNC(=O)C(Cc1ccccc1)N(Cc1ccccc1)C(=O)CN(c1cc(C)cc(C)c1)S(=O)(=O)c1ccccc1. The Kier molecular flexibility index (Phi) is 9.57. The molecule has 4 aromatic carbocycles. The Morgan fingerprint density at radius 2 is 1.27 bits per heavy atom. The van der Waals surface area contributed by atoms with Crippen LogP contribution in [-0.2, 0) is 32.6 Å². The van der Waals surface area contributed by atoms with Crippen LogP contribution in [-0.4, -0.2) is 44.8 Å². The minimum Gasteiger partial charge on any atom is -0.357 e. The van der Waals surface area contributed by atoms with Crippen LogP contribution in [0.25, 0.3) is 0 Å². The van der Waals surface area contributed by atoms with Gasteiger partial charge in [-0.15, -0.1) is 0 Å². The van der Waals surface area contributed by atoms with Crippen molar-refractivity contribution in [3.05, 3.63) is 131 Å². The Morgan fingerprint density at radius 3 is 1.80 bits per heavy atom. The number of hydrogen-bond donors (Lipinski definition) is 1. The fourth-order valence-corrected chi connectivity index (χ4v) is 6.26. The van der Waals surface area contributed by atoms with Crippen molar-refractivity contribution < 1.29 is 18.0 Å². The van der Waals surface area contributed by atoms with Crippen LogP contribution in [0.4, 0.5) is 5.69 Å². The zero-order chi connectivity index (χ0) is 29.4. The van der Waals surface area contributed by atoms with Crippen molar-refractivity contribution in [2.45, 2.75) is 37.8 Å². The summed E-state index contributed by atoms with van der Waals surface area (Å²) in [4.78, 5) is 29.1. The van der Waals surface area contributed by atoms with Gasteiger partial charge in [0.1, 0.15) is 12.6 Å². The molecule has 0 bridgehead atoms. The number of amides is 2. The molecule has 0 spiro atoms. The third-order valence-electron chi connectivity index (χ3n) is 6.82. The number of carbonyl (C=O) groups is 2. The Morgan fingerprint density at radius 1 is 0.756 bits per heavy atom. The number of likely N-dealkylation sites (N-methyl/N-ethyl adjacent to an activating group) is 1. The molecule has 41 heavy (non-hydrogen) atoms. The Hall–Kier alpha value is -4.43. The van der Waals surface area contributed by atoms with Gasteiger partial charge in [0, 0.05) is 20.0 Å². The predicted molar refractivity (Wildman–Crippen MR) is 162 cm³/mol. The lowest BCUT2D eigenvalue weighted by Gasteiger charge is -2.33. The van der Waals surface area contributed by atoms with Crippen molar-refractivity contribution in [1.82, 2.24) is 10.2 Å². The van der Waals surface area contributed by atoms with Crippen LogP contribution in [0.15, 0.2) is 114 Å². The van der Waals surface area contributed by atoms with Gasteiger partial charge in [-0.1, -0.05) is 84.9 Å². The highest BCUT2D eigenvalue weighted by molar-refractivity contribution is 7.92. The smallest absolute Gasteiger partial charge is 0.264 e. The normalized spacial score (nSPS) is 11.9. The molecular weight excluding hydrogens is 534 g/mol. The van der Waals surface area contributed by atoms with Crippen molar-refractivity contribution in [1.29, 1.82) is 0 Å². The first-order valence-corrected chi connectivity index (χ1v) is 14.9. The van der Waals surface area contributed by atoms with E-state index in [0.717, 1.165) is 26.6 Å². The summed E-state index contributed by atoms with van der Waals surface area (Å²) in [5.74, 6) is -0.820. The van der Waals surface area contributed by atoms with Crippen molar-refractivity contribution >= 4 is 27.5 Å². The molecule has 212 valence electrons. The van der Waals surface area contributed by atoms with Gasteiger partial charge in [0.15, 0.2) is 0 Å². The second-order valence-corrected chi connectivity index (χ2v) is 11.9. The fourth-order valence-electron chi connectivity index (χ4n) is 4.84. The molecule has 8 heteroatoms. The largest absolute Gasteiger partial charge is 0.357 e. The van der Waals surface area contributed by atoms with Gasteiger partial charge in [0.05, 0.1) is 10.6 Å². The molecule has 1 unspecified atom stereocenters. The van der Waals surface area contributed by atoms with Crippen LogP contribution in [0.3, 0.4) is 0 Å². The highest BCUT2D eigenvalue weighted by atomic mass is 32.2. The quantitative estimate of drug-likeness (QED) is 0.279. The van der Waals surface area contributed by atoms with E-state index in [1.165, 1.54) is 24.1 Å². The second kappa shape index (κ2) is 13.3. The summed E-state index contributed by atoms with van der Waals surface area (Å²) in [6, 6.07) is 31.5. The van der Waals surface area contributed by atoms with Gasteiger partial charge >= 0.3 is 0 Å². The van der Waals surface area contributed by atoms with E-state index < -0.39 is 28.5 Å². The van der Waals surface area contributed by atoms with E-state index in [9.17, 15) is 18.0 Å². The Balaban J connectivity index is 1.79. The highest BCUT2D eigenvalue weighted by Crippen LogP contribution is 2.27. The summed E-state index contributed by atoms with van der Waals surface area (Å²) >= 11 is 0. The first kappa shape index (κ1) is 29.6. The molecule has 1 atom stereocenters. The molecule has 0 radical (unpaired) electrons. The molecule has 0 aliphatic heterocycles. The van der Waals surface area contributed by atoms with Gasteiger partial charge in [-0.25, -0.2) is 8.42 Å². The maximum atomic E-state index is 14.3. The lowest BCUT2D eigenvalue weighted by Crippen LogP contribution is -2.53. The van der Waals surface area contributed by atoms with E-state index in [4.69, 9.17) is 0 Å². The Labute approximate surface area is 242 Å². The monoisotopic (exact) mass is 569 g/mol. The second-order valence-electron chi connectivity index (χ2n) is 10.00. The maximum Gasteiger partial charge on any atom is 0.264 e. The van der Waals surface area contributed by atoms with E-state index in [1.807, 2.05) is 80.6 Å². The number of sulfonamides is 1. The standard InChI is InChI=1S/C33H35N3O4S/c1-25-19-26(2)21-29(20-25)36(41(39,40)30-17-11-6-12-18-30)24-32(37)35(23-28-15-9-5-10-16-28)31(33(38)34-3)22-27-13-7-4-8-14-27/h4-21,31H,22-24H2,1-3H3,(H,34,38). The van der Waals surface area contributed by atoms with E-state index in [-0.39, 0.29) is 23.8 Å². The summed E-state index contributed by atoms with van der Waals surface area (Å²) in [5.41, 5.74) is 3.84. The van der Waals surface area contributed by atoms with Crippen LogP contribution in [0, 0.1) is 13.8 Å². The number of carbonyl (C=O) groups excluding carboxylic acids is 2. The molecular formula is C33H35N3O4S. The topological polar surface area (TPSA) is 86.8 Å². The zero-order valence-electron chi connectivity index (χ0n) is 23.5. The molecule has 4 rings (SSSR count). The summed E-state index contributed by atoms with van der Waals surface area (Å²) in [6.45, 7) is 3.43. The maximum absolute atomic E-state index is 14.3. The molecule has 2 amide bonds. The van der Waals surface area contributed by atoms with Gasteiger partial charge < -0.3 is 10.2 Å². The summed E-state index contributed by atoms with van der Waals surface area (Å²) in [7, 11) is -2.58. The van der Waals surface area contributed by atoms with Crippen LogP contribution in [0.1, 0.15) is 22.3 Å².